The van der Waals surface area contributed by atoms with E-state index in [1.165, 1.54) is 11.1 Å². The van der Waals surface area contributed by atoms with Gasteiger partial charge < -0.3 is 10.5 Å². The molecule has 76 valence electrons. The van der Waals surface area contributed by atoms with Crippen LogP contribution in [-0.4, -0.2) is 6.10 Å². The average molecular weight is 191 g/mol. The maximum Gasteiger partial charge on any atom is 0.123 e. The third kappa shape index (κ3) is 1.62. The van der Waals surface area contributed by atoms with Crippen molar-refractivity contribution in [1.29, 1.82) is 0 Å². The molecule has 0 aromatic heterocycles. The Morgan fingerprint density at radius 3 is 3.07 bits per heavy atom. The second-order valence-corrected chi connectivity index (χ2v) is 4.01. The summed E-state index contributed by atoms with van der Waals surface area (Å²) < 4.78 is 5.63. The number of hydrogen-bond donors (Lipinski definition) is 1. The highest BCUT2D eigenvalue weighted by atomic mass is 16.5. The first-order chi connectivity index (χ1) is 6.70. The molecule has 0 spiro atoms. The van der Waals surface area contributed by atoms with E-state index in [1.807, 2.05) is 6.07 Å². The van der Waals surface area contributed by atoms with Crippen molar-refractivity contribution in [1.82, 2.24) is 0 Å². The molecule has 0 saturated carbocycles. The smallest absolute Gasteiger partial charge is 0.123 e. The Morgan fingerprint density at radius 2 is 2.36 bits per heavy atom. The van der Waals surface area contributed by atoms with E-state index in [1.54, 1.807) is 0 Å². The van der Waals surface area contributed by atoms with Gasteiger partial charge in [0.2, 0.25) is 0 Å². The summed E-state index contributed by atoms with van der Waals surface area (Å²) >= 11 is 0. The summed E-state index contributed by atoms with van der Waals surface area (Å²) in [4.78, 5) is 0. The topological polar surface area (TPSA) is 35.2 Å². The van der Waals surface area contributed by atoms with Crippen LogP contribution in [0, 0.1) is 0 Å². The number of rotatable bonds is 2. The van der Waals surface area contributed by atoms with Crippen molar-refractivity contribution in [3.8, 4) is 5.75 Å². The molecule has 2 heteroatoms. The van der Waals surface area contributed by atoms with E-state index >= 15 is 0 Å². The van der Waals surface area contributed by atoms with Gasteiger partial charge in [0.1, 0.15) is 11.9 Å². The molecule has 1 heterocycles. The van der Waals surface area contributed by atoms with Crippen LogP contribution in [0.15, 0.2) is 18.2 Å². The summed E-state index contributed by atoms with van der Waals surface area (Å²) in [6.07, 6.45) is 2.31. The van der Waals surface area contributed by atoms with Gasteiger partial charge in [-0.25, -0.2) is 0 Å². The van der Waals surface area contributed by atoms with Crippen molar-refractivity contribution in [2.75, 3.05) is 0 Å². The molecule has 0 radical (unpaired) electrons. The largest absolute Gasteiger partial charge is 0.490 e. The molecule has 1 aliphatic heterocycles. The van der Waals surface area contributed by atoms with Crippen LogP contribution in [0.25, 0.3) is 0 Å². The normalized spacial score (nSPS) is 21.5. The highest BCUT2D eigenvalue weighted by molar-refractivity contribution is 5.41. The molecule has 0 saturated heterocycles. The van der Waals surface area contributed by atoms with E-state index in [0.29, 0.717) is 6.10 Å². The maximum atomic E-state index is 5.98. The molecule has 0 amide bonds. The third-order valence-electron chi connectivity index (χ3n) is 2.79. The van der Waals surface area contributed by atoms with E-state index < -0.39 is 0 Å². The lowest BCUT2D eigenvalue weighted by Crippen LogP contribution is -2.08. The van der Waals surface area contributed by atoms with Crippen LogP contribution >= 0.6 is 0 Å². The average Bonchev–Trinajstić information content (AvgIpc) is 2.55. The predicted octanol–water partition coefficient (Wildman–Crippen LogP) is 2.42. The first kappa shape index (κ1) is 9.53. The Balaban J connectivity index is 2.28. The number of fused-ring (bicyclic) bond motifs is 1. The van der Waals surface area contributed by atoms with Gasteiger partial charge in [0.15, 0.2) is 0 Å². The van der Waals surface area contributed by atoms with Crippen molar-refractivity contribution in [2.24, 2.45) is 5.73 Å². The minimum Gasteiger partial charge on any atom is -0.490 e. The molecular weight excluding hydrogens is 174 g/mol. The molecule has 2 nitrogen and oxygen atoms in total. The molecule has 2 N–H and O–H groups in total. The van der Waals surface area contributed by atoms with Gasteiger partial charge in [0.05, 0.1) is 0 Å². The molecule has 0 unspecified atom stereocenters. The number of hydrogen-bond acceptors (Lipinski definition) is 2. The summed E-state index contributed by atoms with van der Waals surface area (Å²) in [7, 11) is 0. The quantitative estimate of drug-likeness (QED) is 0.779. The molecule has 2 rings (SSSR count). The Kier molecular flexibility index (Phi) is 2.46. The van der Waals surface area contributed by atoms with E-state index in [0.717, 1.165) is 18.6 Å². The summed E-state index contributed by atoms with van der Waals surface area (Å²) in [6.45, 7) is 4.20. The van der Waals surface area contributed by atoms with Gasteiger partial charge in [0, 0.05) is 12.5 Å². The lowest BCUT2D eigenvalue weighted by atomic mass is 10.0. The van der Waals surface area contributed by atoms with Crippen LogP contribution in [0.2, 0.25) is 0 Å². The van der Waals surface area contributed by atoms with Crippen molar-refractivity contribution >= 4 is 0 Å². The fraction of sp³-hybridized carbons (Fsp3) is 0.500. The van der Waals surface area contributed by atoms with Gasteiger partial charge in [-0.15, -0.1) is 0 Å². The molecule has 0 bridgehead atoms. The fourth-order valence-electron chi connectivity index (χ4n) is 1.91. The second kappa shape index (κ2) is 3.62. The van der Waals surface area contributed by atoms with Crippen molar-refractivity contribution < 1.29 is 4.74 Å². The number of ether oxygens (including phenoxy) is 1. The van der Waals surface area contributed by atoms with Crippen LogP contribution in [0.3, 0.4) is 0 Å². The van der Waals surface area contributed by atoms with Crippen LogP contribution in [-0.2, 0) is 6.42 Å². The summed E-state index contributed by atoms with van der Waals surface area (Å²) in [5, 5.41) is 0. The zero-order chi connectivity index (χ0) is 10.1. The molecular formula is C12H17NO. The minimum absolute atomic E-state index is 0.163. The molecule has 0 fully saturated rings. The highest BCUT2D eigenvalue weighted by Crippen LogP contribution is 2.31. The molecule has 2 atom stereocenters. The lowest BCUT2D eigenvalue weighted by Gasteiger charge is -2.10. The van der Waals surface area contributed by atoms with Gasteiger partial charge in [0.25, 0.3) is 0 Å². The van der Waals surface area contributed by atoms with E-state index in [9.17, 15) is 0 Å². The summed E-state index contributed by atoms with van der Waals surface area (Å²) in [5.41, 5.74) is 8.51. The van der Waals surface area contributed by atoms with Crippen LogP contribution in [0.4, 0.5) is 0 Å². The Morgan fingerprint density at radius 1 is 1.57 bits per heavy atom. The first-order valence-electron chi connectivity index (χ1n) is 5.25. The zero-order valence-electron chi connectivity index (χ0n) is 8.79. The van der Waals surface area contributed by atoms with Gasteiger partial charge in [-0.05, 0) is 30.5 Å². The number of benzene rings is 1. The van der Waals surface area contributed by atoms with Crippen LogP contribution < -0.4 is 10.5 Å². The second-order valence-electron chi connectivity index (χ2n) is 4.01. The molecule has 0 aliphatic carbocycles. The highest BCUT2D eigenvalue weighted by Gasteiger charge is 2.19. The van der Waals surface area contributed by atoms with E-state index in [4.69, 9.17) is 10.5 Å². The lowest BCUT2D eigenvalue weighted by molar-refractivity contribution is 0.254. The standard InChI is InChI=1S/C12H17NO/c1-3-11(13)9-4-5-12-10(7-9)6-8(2)14-12/h4-5,7-8,11H,3,6,13H2,1-2H3/t8-,11+/m0/s1. The molecule has 1 aromatic rings. The zero-order valence-corrected chi connectivity index (χ0v) is 8.79. The van der Waals surface area contributed by atoms with Crippen LogP contribution in [0.5, 0.6) is 5.75 Å². The van der Waals surface area contributed by atoms with Gasteiger partial charge in [-0.3, -0.25) is 0 Å². The van der Waals surface area contributed by atoms with E-state index in [2.05, 4.69) is 26.0 Å². The molecule has 1 aromatic carbocycles. The third-order valence-corrected chi connectivity index (χ3v) is 2.79. The fourth-order valence-corrected chi connectivity index (χ4v) is 1.91. The monoisotopic (exact) mass is 191 g/mol. The summed E-state index contributed by atoms with van der Waals surface area (Å²) in [6, 6.07) is 6.47. The van der Waals surface area contributed by atoms with Crippen LogP contribution in [0.1, 0.15) is 37.4 Å². The SMILES string of the molecule is CC[C@@H](N)c1ccc2c(c1)C[C@H](C)O2. The van der Waals surface area contributed by atoms with E-state index in [-0.39, 0.29) is 6.04 Å². The van der Waals surface area contributed by atoms with Gasteiger partial charge >= 0.3 is 0 Å². The minimum atomic E-state index is 0.163. The van der Waals surface area contributed by atoms with Gasteiger partial charge in [-0.2, -0.15) is 0 Å². The maximum absolute atomic E-state index is 5.98. The predicted molar refractivity (Wildman–Crippen MR) is 57.5 cm³/mol. The van der Waals surface area contributed by atoms with Crippen molar-refractivity contribution in [2.45, 2.75) is 38.8 Å². The van der Waals surface area contributed by atoms with Crippen molar-refractivity contribution in [3.05, 3.63) is 29.3 Å². The Bertz CT molecular complexity index is 335. The number of nitrogens with two attached hydrogens (primary N) is 1. The Labute approximate surface area is 85.1 Å². The Hall–Kier alpha value is -1.02. The van der Waals surface area contributed by atoms with Crippen molar-refractivity contribution in [3.63, 3.8) is 0 Å². The molecule has 14 heavy (non-hydrogen) atoms. The first-order valence-corrected chi connectivity index (χ1v) is 5.25. The summed E-state index contributed by atoms with van der Waals surface area (Å²) in [5.74, 6) is 1.03. The molecule has 1 aliphatic rings. The van der Waals surface area contributed by atoms with Gasteiger partial charge in [-0.1, -0.05) is 19.1 Å².